The van der Waals surface area contributed by atoms with Crippen molar-refractivity contribution in [3.63, 3.8) is 0 Å². The Labute approximate surface area is 155 Å². The van der Waals surface area contributed by atoms with Crippen LogP contribution in [0.2, 0.25) is 0 Å². The zero-order valence-electron chi connectivity index (χ0n) is 15.3. The van der Waals surface area contributed by atoms with Gasteiger partial charge in [-0.05, 0) is 92.3 Å². The first kappa shape index (κ1) is 17.5. The Morgan fingerprint density at radius 1 is 1.00 bits per heavy atom. The summed E-state index contributed by atoms with van der Waals surface area (Å²) in [7, 11) is 0. The van der Waals surface area contributed by atoms with Crippen molar-refractivity contribution in [2.75, 3.05) is 5.33 Å². The van der Waals surface area contributed by atoms with Crippen molar-refractivity contribution in [1.82, 2.24) is 0 Å². The number of ketones is 1. The molecule has 4 aliphatic rings. The minimum atomic E-state index is -0.0547. The van der Waals surface area contributed by atoms with E-state index in [1.807, 2.05) is 0 Å². The van der Waals surface area contributed by atoms with Crippen molar-refractivity contribution < 1.29 is 9.90 Å². The van der Waals surface area contributed by atoms with Crippen LogP contribution in [0.3, 0.4) is 0 Å². The first-order valence-corrected chi connectivity index (χ1v) is 11.3. The predicted molar refractivity (Wildman–Crippen MR) is 100 cm³/mol. The molecule has 0 aromatic rings. The van der Waals surface area contributed by atoms with Gasteiger partial charge in [-0.3, -0.25) is 4.79 Å². The first-order valence-electron chi connectivity index (χ1n) is 10.2. The van der Waals surface area contributed by atoms with Gasteiger partial charge in [0, 0.05) is 5.92 Å². The van der Waals surface area contributed by atoms with Crippen LogP contribution in [0.15, 0.2) is 0 Å². The van der Waals surface area contributed by atoms with Crippen LogP contribution in [0.1, 0.15) is 71.6 Å². The summed E-state index contributed by atoms with van der Waals surface area (Å²) in [4.78, 5) is 12.5. The molecule has 0 amide bonds. The van der Waals surface area contributed by atoms with Gasteiger partial charge >= 0.3 is 0 Å². The number of aliphatic hydroxyl groups is 1. The summed E-state index contributed by atoms with van der Waals surface area (Å²) >= 11 is 3.42. The summed E-state index contributed by atoms with van der Waals surface area (Å²) < 4.78 is 0. The molecule has 0 heterocycles. The molecule has 0 radical (unpaired) electrons. The number of carbonyl (C=O) groups excluding carboxylic acids is 1. The minimum Gasteiger partial charge on any atom is -0.393 e. The standard InChI is InChI=1S/C21H33BrO2/c1-20-9-7-14(23)11-13(20)3-4-15-16-5-6-18(19(24)12-22)21(16,2)10-8-17(15)20/h13-18,23H,3-12H2,1-2H3/t13-,14-,15-,16-,17+,18+,20+,21-/m0/s1. The zero-order valence-corrected chi connectivity index (χ0v) is 16.9. The van der Waals surface area contributed by atoms with E-state index in [1.54, 1.807) is 0 Å². The molecular formula is C21H33BrO2. The van der Waals surface area contributed by atoms with Gasteiger partial charge in [0.05, 0.1) is 11.4 Å². The Balaban J connectivity index is 1.60. The highest BCUT2D eigenvalue weighted by Gasteiger charge is 2.60. The molecule has 4 aliphatic carbocycles. The van der Waals surface area contributed by atoms with Gasteiger partial charge in [-0.15, -0.1) is 0 Å². The molecule has 0 unspecified atom stereocenters. The average molecular weight is 397 g/mol. The molecule has 2 nitrogen and oxygen atoms in total. The lowest BCUT2D eigenvalue weighted by atomic mass is 9.44. The van der Waals surface area contributed by atoms with Gasteiger partial charge in [0.2, 0.25) is 0 Å². The third-order valence-electron chi connectivity index (χ3n) is 9.16. The number of Topliss-reactive ketones (excluding diaryl/α,β-unsaturated/α-hetero) is 1. The van der Waals surface area contributed by atoms with E-state index in [0.717, 1.165) is 42.9 Å². The Morgan fingerprint density at radius 3 is 2.46 bits per heavy atom. The van der Waals surface area contributed by atoms with Gasteiger partial charge in [0.15, 0.2) is 0 Å². The van der Waals surface area contributed by atoms with Gasteiger partial charge in [0.25, 0.3) is 0 Å². The summed E-state index contributed by atoms with van der Waals surface area (Å²) in [6, 6.07) is 0. The molecule has 4 fully saturated rings. The molecular weight excluding hydrogens is 364 g/mol. The van der Waals surface area contributed by atoms with E-state index in [2.05, 4.69) is 29.8 Å². The number of alkyl halides is 1. The topological polar surface area (TPSA) is 37.3 Å². The Kier molecular flexibility index (Phi) is 4.44. The summed E-state index contributed by atoms with van der Waals surface area (Å²) in [5, 5.41) is 10.7. The van der Waals surface area contributed by atoms with E-state index >= 15 is 0 Å². The number of hydrogen-bond acceptors (Lipinski definition) is 2. The molecule has 0 aliphatic heterocycles. The molecule has 24 heavy (non-hydrogen) atoms. The number of fused-ring (bicyclic) bond motifs is 5. The molecule has 4 saturated carbocycles. The van der Waals surface area contributed by atoms with Gasteiger partial charge < -0.3 is 5.11 Å². The van der Waals surface area contributed by atoms with Gasteiger partial charge in [-0.25, -0.2) is 0 Å². The normalized spacial score (nSPS) is 53.8. The third-order valence-corrected chi connectivity index (χ3v) is 9.71. The van der Waals surface area contributed by atoms with Crippen molar-refractivity contribution in [1.29, 1.82) is 0 Å². The molecule has 4 rings (SSSR count). The van der Waals surface area contributed by atoms with Gasteiger partial charge in [-0.2, -0.15) is 0 Å². The maximum Gasteiger partial charge on any atom is 0.147 e. The van der Waals surface area contributed by atoms with Crippen LogP contribution >= 0.6 is 15.9 Å². The largest absolute Gasteiger partial charge is 0.393 e. The number of hydrogen-bond donors (Lipinski definition) is 1. The van der Waals surface area contributed by atoms with E-state index in [9.17, 15) is 9.90 Å². The van der Waals surface area contributed by atoms with E-state index in [4.69, 9.17) is 0 Å². The summed E-state index contributed by atoms with van der Waals surface area (Å²) in [5.74, 6) is 3.88. The highest BCUT2D eigenvalue weighted by molar-refractivity contribution is 9.09. The maximum absolute atomic E-state index is 12.5. The smallest absolute Gasteiger partial charge is 0.147 e. The molecule has 1 N–H and O–H groups in total. The summed E-state index contributed by atoms with van der Waals surface area (Å²) in [6.45, 7) is 4.98. The van der Waals surface area contributed by atoms with Crippen LogP contribution in [0.4, 0.5) is 0 Å². The number of carbonyl (C=O) groups is 1. The average Bonchev–Trinajstić information content (AvgIpc) is 2.92. The first-order chi connectivity index (χ1) is 11.4. The van der Waals surface area contributed by atoms with Crippen LogP contribution in [-0.4, -0.2) is 22.3 Å². The monoisotopic (exact) mass is 396 g/mol. The molecule has 136 valence electrons. The van der Waals surface area contributed by atoms with Crippen LogP contribution < -0.4 is 0 Å². The minimum absolute atomic E-state index is 0.0547. The molecule has 0 spiro atoms. The van der Waals surface area contributed by atoms with E-state index in [-0.39, 0.29) is 11.5 Å². The lowest BCUT2D eigenvalue weighted by Crippen LogP contribution is -2.54. The second-order valence-corrected chi connectivity index (χ2v) is 10.4. The van der Waals surface area contributed by atoms with Crippen molar-refractivity contribution in [2.45, 2.75) is 77.7 Å². The van der Waals surface area contributed by atoms with Crippen LogP contribution in [0.5, 0.6) is 0 Å². The molecule has 8 atom stereocenters. The second kappa shape index (κ2) is 6.08. The lowest BCUT2D eigenvalue weighted by Gasteiger charge is -2.60. The Bertz CT molecular complexity index is 520. The van der Waals surface area contributed by atoms with Crippen molar-refractivity contribution in [3.05, 3.63) is 0 Å². The van der Waals surface area contributed by atoms with Crippen molar-refractivity contribution in [3.8, 4) is 0 Å². The third kappa shape index (κ3) is 2.40. The predicted octanol–water partition coefficient (Wildman–Crippen LogP) is 4.97. The maximum atomic E-state index is 12.5. The highest BCUT2D eigenvalue weighted by atomic mass is 79.9. The van der Waals surface area contributed by atoms with Crippen molar-refractivity contribution in [2.24, 2.45) is 40.4 Å². The summed E-state index contributed by atoms with van der Waals surface area (Å²) in [5.41, 5.74) is 0.699. The number of halogens is 1. The molecule has 0 saturated heterocycles. The highest BCUT2D eigenvalue weighted by Crippen LogP contribution is 2.67. The van der Waals surface area contributed by atoms with E-state index < -0.39 is 0 Å². The fourth-order valence-corrected chi connectivity index (χ4v) is 8.25. The lowest BCUT2D eigenvalue weighted by molar-refractivity contribution is -0.138. The molecule has 0 aromatic heterocycles. The Hall–Kier alpha value is 0.110. The fraction of sp³-hybridized carbons (Fsp3) is 0.952. The summed E-state index contributed by atoms with van der Waals surface area (Å²) in [6.07, 6.45) is 10.8. The SMILES string of the molecule is C[C@@]12CC[C@H](O)C[C@@H]1CC[C@@H]1[C@H]2CC[C@]2(C)[C@@H](C(=O)CBr)CC[C@@H]12. The van der Waals surface area contributed by atoms with Crippen molar-refractivity contribution >= 4 is 21.7 Å². The number of rotatable bonds is 2. The zero-order chi connectivity index (χ0) is 17.1. The molecule has 0 bridgehead atoms. The van der Waals surface area contributed by atoms with Gasteiger partial charge in [-0.1, -0.05) is 29.8 Å². The molecule has 0 aromatic carbocycles. The van der Waals surface area contributed by atoms with Crippen LogP contribution in [0.25, 0.3) is 0 Å². The van der Waals surface area contributed by atoms with Gasteiger partial charge in [0.1, 0.15) is 5.78 Å². The Morgan fingerprint density at radius 2 is 1.71 bits per heavy atom. The van der Waals surface area contributed by atoms with E-state index in [1.165, 1.54) is 38.5 Å². The fourth-order valence-electron chi connectivity index (χ4n) is 7.86. The van der Waals surface area contributed by atoms with Crippen LogP contribution in [-0.2, 0) is 4.79 Å². The van der Waals surface area contributed by atoms with Crippen LogP contribution in [0, 0.1) is 40.4 Å². The second-order valence-electron chi connectivity index (χ2n) is 9.86. The molecule has 3 heteroatoms. The quantitative estimate of drug-likeness (QED) is 0.668. The van der Waals surface area contributed by atoms with E-state index in [0.29, 0.717) is 22.4 Å². The number of aliphatic hydroxyl groups excluding tert-OH is 1.